The Balaban J connectivity index is 2.04. The van der Waals surface area contributed by atoms with Gasteiger partial charge >= 0.3 is 0 Å². The molecule has 1 atom stereocenters. The third kappa shape index (κ3) is 3.81. The standard InChI is InChI=1S/C16H17BrFNO/c1-11(12-4-3-5-15(9-12)20-2)19-10-13-8-14(17)6-7-16(13)18/h3-9,11,19H,10H2,1-2H3/t11-/m1/s1. The molecule has 0 unspecified atom stereocenters. The van der Waals surface area contributed by atoms with Crippen molar-refractivity contribution in [3.8, 4) is 5.75 Å². The molecule has 0 heterocycles. The second-order valence-electron chi connectivity index (χ2n) is 4.61. The molecule has 0 saturated carbocycles. The minimum atomic E-state index is -0.196. The van der Waals surface area contributed by atoms with Gasteiger partial charge in [0.2, 0.25) is 0 Å². The molecule has 2 aromatic carbocycles. The molecule has 0 bridgehead atoms. The van der Waals surface area contributed by atoms with Crippen LogP contribution in [0.2, 0.25) is 0 Å². The van der Waals surface area contributed by atoms with Gasteiger partial charge in [0.05, 0.1) is 7.11 Å². The van der Waals surface area contributed by atoms with Crippen LogP contribution in [0.5, 0.6) is 5.75 Å². The zero-order chi connectivity index (χ0) is 14.5. The van der Waals surface area contributed by atoms with Gasteiger partial charge in [-0.3, -0.25) is 0 Å². The number of hydrogen-bond acceptors (Lipinski definition) is 2. The summed E-state index contributed by atoms with van der Waals surface area (Å²) in [6.07, 6.45) is 0. The van der Waals surface area contributed by atoms with E-state index in [1.54, 1.807) is 19.2 Å². The van der Waals surface area contributed by atoms with Crippen molar-refractivity contribution in [2.24, 2.45) is 0 Å². The van der Waals surface area contributed by atoms with Crippen molar-refractivity contribution in [1.82, 2.24) is 5.32 Å². The largest absolute Gasteiger partial charge is 0.497 e. The van der Waals surface area contributed by atoms with E-state index in [0.717, 1.165) is 15.8 Å². The zero-order valence-electron chi connectivity index (χ0n) is 11.5. The van der Waals surface area contributed by atoms with E-state index in [9.17, 15) is 4.39 Å². The molecule has 0 aliphatic carbocycles. The quantitative estimate of drug-likeness (QED) is 0.870. The van der Waals surface area contributed by atoms with Crippen LogP contribution < -0.4 is 10.1 Å². The predicted molar refractivity (Wildman–Crippen MR) is 82.3 cm³/mol. The van der Waals surface area contributed by atoms with E-state index in [-0.39, 0.29) is 11.9 Å². The third-order valence-corrected chi connectivity index (χ3v) is 3.69. The summed E-state index contributed by atoms with van der Waals surface area (Å²) in [5, 5.41) is 3.32. The SMILES string of the molecule is COc1cccc([C@@H](C)NCc2cc(Br)ccc2F)c1. The molecule has 106 valence electrons. The monoisotopic (exact) mass is 337 g/mol. The molecule has 2 rings (SSSR count). The summed E-state index contributed by atoms with van der Waals surface area (Å²) in [7, 11) is 1.65. The first kappa shape index (κ1) is 15.0. The maximum Gasteiger partial charge on any atom is 0.127 e. The molecule has 0 aliphatic rings. The van der Waals surface area contributed by atoms with E-state index in [2.05, 4.69) is 21.2 Å². The normalized spacial score (nSPS) is 12.2. The average molecular weight is 338 g/mol. The molecule has 4 heteroatoms. The Kier molecular flexibility index (Phi) is 5.15. The predicted octanol–water partition coefficient (Wildman–Crippen LogP) is 4.45. The van der Waals surface area contributed by atoms with Gasteiger partial charge in [-0.2, -0.15) is 0 Å². The molecular weight excluding hydrogens is 321 g/mol. The molecular formula is C16H17BrFNO. The highest BCUT2D eigenvalue weighted by Crippen LogP contribution is 2.20. The first-order chi connectivity index (χ1) is 9.60. The molecule has 2 aromatic rings. The average Bonchev–Trinajstić information content (AvgIpc) is 2.48. The lowest BCUT2D eigenvalue weighted by atomic mass is 10.1. The second kappa shape index (κ2) is 6.86. The Bertz CT molecular complexity index is 588. The first-order valence-corrected chi connectivity index (χ1v) is 7.20. The highest BCUT2D eigenvalue weighted by atomic mass is 79.9. The van der Waals surface area contributed by atoms with Gasteiger partial charge in [-0.25, -0.2) is 4.39 Å². The summed E-state index contributed by atoms with van der Waals surface area (Å²) in [5.41, 5.74) is 1.76. The van der Waals surface area contributed by atoms with Gasteiger partial charge in [0, 0.05) is 22.6 Å². The van der Waals surface area contributed by atoms with Crippen molar-refractivity contribution in [1.29, 1.82) is 0 Å². The van der Waals surface area contributed by atoms with Crippen LogP contribution in [0.15, 0.2) is 46.9 Å². The minimum absolute atomic E-state index is 0.114. The van der Waals surface area contributed by atoms with E-state index in [1.807, 2.05) is 31.2 Å². The number of rotatable bonds is 5. The lowest BCUT2D eigenvalue weighted by Gasteiger charge is -2.15. The molecule has 0 aliphatic heterocycles. The number of hydrogen-bond donors (Lipinski definition) is 1. The van der Waals surface area contributed by atoms with Gasteiger partial charge in [-0.05, 0) is 42.8 Å². The van der Waals surface area contributed by atoms with Crippen molar-refractivity contribution < 1.29 is 9.13 Å². The van der Waals surface area contributed by atoms with Gasteiger partial charge in [-0.15, -0.1) is 0 Å². The van der Waals surface area contributed by atoms with Gasteiger partial charge in [0.1, 0.15) is 11.6 Å². The van der Waals surface area contributed by atoms with Crippen LogP contribution >= 0.6 is 15.9 Å². The zero-order valence-corrected chi connectivity index (χ0v) is 13.1. The Hall–Kier alpha value is -1.39. The third-order valence-electron chi connectivity index (χ3n) is 3.20. The van der Waals surface area contributed by atoms with E-state index in [4.69, 9.17) is 4.74 Å². The molecule has 0 amide bonds. The number of benzene rings is 2. The number of methoxy groups -OCH3 is 1. The fourth-order valence-electron chi connectivity index (χ4n) is 1.97. The van der Waals surface area contributed by atoms with Crippen molar-refractivity contribution in [2.75, 3.05) is 7.11 Å². The van der Waals surface area contributed by atoms with Gasteiger partial charge in [0.15, 0.2) is 0 Å². The fraction of sp³-hybridized carbons (Fsp3) is 0.250. The van der Waals surface area contributed by atoms with E-state index >= 15 is 0 Å². The summed E-state index contributed by atoms with van der Waals surface area (Å²) < 4.78 is 19.7. The fourth-order valence-corrected chi connectivity index (χ4v) is 2.38. The lowest BCUT2D eigenvalue weighted by Crippen LogP contribution is -2.18. The summed E-state index contributed by atoms with van der Waals surface area (Å²) >= 11 is 3.36. The van der Waals surface area contributed by atoms with Crippen LogP contribution in [-0.2, 0) is 6.54 Å². The molecule has 0 spiro atoms. The first-order valence-electron chi connectivity index (χ1n) is 6.41. The lowest BCUT2D eigenvalue weighted by molar-refractivity contribution is 0.413. The molecule has 20 heavy (non-hydrogen) atoms. The highest BCUT2D eigenvalue weighted by molar-refractivity contribution is 9.10. The van der Waals surface area contributed by atoms with Gasteiger partial charge in [0.25, 0.3) is 0 Å². The topological polar surface area (TPSA) is 21.3 Å². The summed E-state index contributed by atoms with van der Waals surface area (Å²) in [5.74, 6) is 0.628. The summed E-state index contributed by atoms with van der Waals surface area (Å²) in [4.78, 5) is 0. The van der Waals surface area contributed by atoms with Crippen molar-refractivity contribution in [3.05, 3.63) is 63.9 Å². The van der Waals surface area contributed by atoms with Crippen LogP contribution in [0.25, 0.3) is 0 Å². The van der Waals surface area contributed by atoms with Gasteiger partial charge < -0.3 is 10.1 Å². The molecule has 1 N–H and O–H groups in total. The summed E-state index contributed by atoms with van der Waals surface area (Å²) in [6, 6.07) is 12.9. The van der Waals surface area contributed by atoms with Crippen molar-refractivity contribution >= 4 is 15.9 Å². The molecule has 0 saturated heterocycles. The smallest absolute Gasteiger partial charge is 0.127 e. The van der Waals surface area contributed by atoms with E-state index < -0.39 is 0 Å². The Morgan fingerprint density at radius 1 is 1.25 bits per heavy atom. The number of nitrogens with one attached hydrogen (secondary N) is 1. The maximum atomic E-state index is 13.7. The van der Waals surface area contributed by atoms with Crippen molar-refractivity contribution in [3.63, 3.8) is 0 Å². The van der Waals surface area contributed by atoms with Gasteiger partial charge in [-0.1, -0.05) is 28.1 Å². The molecule has 0 radical (unpaired) electrons. The van der Waals surface area contributed by atoms with Crippen molar-refractivity contribution in [2.45, 2.75) is 19.5 Å². The number of ether oxygens (including phenoxy) is 1. The van der Waals surface area contributed by atoms with Crippen LogP contribution in [0.1, 0.15) is 24.1 Å². The Morgan fingerprint density at radius 2 is 2.05 bits per heavy atom. The highest BCUT2D eigenvalue weighted by Gasteiger charge is 2.08. The van der Waals surface area contributed by atoms with Crippen LogP contribution in [0.3, 0.4) is 0 Å². The Labute approximate surface area is 127 Å². The van der Waals surface area contributed by atoms with Crippen LogP contribution in [-0.4, -0.2) is 7.11 Å². The molecule has 0 fully saturated rings. The molecule has 2 nitrogen and oxygen atoms in total. The van der Waals surface area contributed by atoms with Crippen LogP contribution in [0.4, 0.5) is 4.39 Å². The van der Waals surface area contributed by atoms with E-state index in [1.165, 1.54) is 6.07 Å². The molecule has 0 aromatic heterocycles. The summed E-state index contributed by atoms with van der Waals surface area (Å²) in [6.45, 7) is 2.52. The second-order valence-corrected chi connectivity index (χ2v) is 5.53. The Morgan fingerprint density at radius 3 is 2.80 bits per heavy atom. The minimum Gasteiger partial charge on any atom is -0.497 e. The van der Waals surface area contributed by atoms with Crippen LogP contribution in [0, 0.1) is 5.82 Å². The number of halogens is 2. The van der Waals surface area contributed by atoms with E-state index in [0.29, 0.717) is 12.1 Å². The maximum absolute atomic E-state index is 13.7.